The summed E-state index contributed by atoms with van der Waals surface area (Å²) in [6.45, 7) is 0.514. The number of hydrogen-bond donors (Lipinski definition) is 2. The molecule has 0 aliphatic rings. The summed E-state index contributed by atoms with van der Waals surface area (Å²) in [6.07, 6.45) is 3.30. The molecule has 0 atom stereocenters. The lowest BCUT2D eigenvalue weighted by atomic mass is 10.2. The summed E-state index contributed by atoms with van der Waals surface area (Å²) in [5.74, 6) is 0.632. The lowest BCUT2D eigenvalue weighted by Gasteiger charge is -2.06. The molecular weight excluding hydrogens is 247 g/mol. The van der Waals surface area contributed by atoms with Gasteiger partial charge < -0.3 is 11.1 Å². The fourth-order valence-corrected chi connectivity index (χ4v) is 1.76. The molecule has 0 fully saturated rings. The number of benzene rings is 1. The molecule has 0 aliphatic carbocycles. The first kappa shape index (κ1) is 11.4. The van der Waals surface area contributed by atoms with Gasteiger partial charge in [-0.25, -0.2) is 9.37 Å². The average molecular weight is 258 g/mol. The lowest BCUT2D eigenvalue weighted by Crippen LogP contribution is -2.04. The second kappa shape index (κ2) is 4.52. The van der Waals surface area contributed by atoms with E-state index in [0.717, 1.165) is 5.56 Å². The van der Waals surface area contributed by atoms with Gasteiger partial charge in [0.15, 0.2) is 5.82 Å². The van der Waals surface area contributed by atoms with E-state index < -0.39 is 0 Å². The molecule has 3 aromatic rings. The number of rotatable bonds is 3. The van der Waals surface area contributed by atoms with Gasteiger partial charge in [0.05, 0.1) is 0 Å². The molecule has 0 unspecified atom stereocenters. The van der Waals surface area contributed by atoms with E-state index in [0.29, 0.717) is 24.0 Å². The molecular formula is C12H11FN6. The molecule has 19 heavy (non-hydrogen) atoms. The van der Waals surface area contributed by atoms with Gasteiger partial charge in [0.1, 0.15) is 5.82 Å². The van der Waals surface area contributed by atoms with Crippen molar-refractivity contribution in [2.24, 2.45) is 0 Å². The van der Waals surface area contributed by atoms with Crippen molar-refractivity contribution in [1.82, 2.24) is 19.6 Å². The number of nitrogen functional groups attached to an aromatic ring is 1. The first-order valence-electron chi connectivity index (χ1n) is 5.67. The highest BCUT2D eigenvalue weighted by Gasteiger charge is 2.07. The van der Waals surface area contributed by atoms with Crippen molar-refractivity contribution in [3.8, 4) is 0 Å². The third kappa shape index (κ3) is 2.17. The minimum atomic E-state index is -0.255. The zero-order valence-corrected chi connectivity index (χ0v) is 9.92. The van der Waals surface area contributed by atoms with Crippen LogP contribution in [0.15, 0.2) is 36.7 Å². The maximum Gasteiger partial charge on any atom is 0.226 e. The molecule has 0 saturated heterocycles. The first-order chi connectivity index (χ1) is 9.24. The SMILES string of the molecule is Nc1nnc2c(NCc3ccc(F)cc3)nccn12. The van der Waals surface area contributed by atoms with Crippen LogP contribution >= 0.6 is 0 Å². The molecule has 3 N–H and O–H groups in total. The number of aromatic nitrogens is 4. The van der Waals surface area contributed by atoms with Gasteiger partial charge in [0.2, 0.25) is 11.6 Å². The second-order valence-electron chi connectivity index (χ2n) is 4.01. The molecule has 3 rings (SSSR count). The van der Waals surface area contributed by atoms with Gasteiger partial charge in [-0.2, -0.15) is 0 Å². The van der Waals surface area contributed by atoms with Crippen molar-refractivity contribution in [2.45, 2.75) is 6.54 Å². The predicted octanol–water partition coefficient (Wildman–Crippen LogP) is 1.46. The minimum absolute atomic E-state index is 0.255. The Bertz CT molecular complexity index is 706. The van der Waals surface area contributed by atoms with Crippen molar-refractivity contribution >= 4 is 17.4 Å². The first-order valence-corrected chi connectivity index (χ1v) is 5.67. The van der Waals surface area contributed by atoms with E-state index in [1.54, 1.807) is 28.9 Å². The summed E-state index contributed by atoms with van der Waals surface area (Å²) in [4.78, 5) is 4.19. The highest BCUT2D eigenvalue weighted by Crippen LogP contribution is 2.14. The summed E-state index contributed by atoms with van der Waals surface area (Å²) >= 11 is 0. The Morgan fingerprint density at radius 2 is 2.00 bits per heavy atom. The highest BCUT2D eigenvalue weighted by atomic mass is 19.1. The number of anilines is 2. The van der Waals surface area contributed by atoms with Crippen LogP contribution in [0.25, 0.3) is 5.65 Å². The summed E-state index contributed by atoms with van der Waals surface area (Å²) < 4.78 is 14.4. The van der Waals surface area contributed by atoms with Gasteiger partial charge in [0.25, 0.3) is 0 Å². The van der Waals surface area contributed by atoms with Crippen molar-refractivity contribution in [3.63, 3.8) is 0 Å². The minimum Gasteiger partial charge on any atom is -0.368 e. The number of nitrogens with two attached hydrogens (primary N) is 1. The number of halogens is 1. The second-order valence-corrected chi connectivity index (χ2v) is 4.01. The Balaban J connectivity index is 1.83. The van der Waals surface area contributed by atoms with Gasteiger partial charge in [0, 0.05) is 18.9 Å². The van der Waals surface area contributed by atoms with E-state index in [2.05, 4.69) is 20.5 Å². The smallest absolute Gasteiger partial charge is 0.226 e. The largest absolute Gasteiger partial charge is 0.368 e. The Kier molecular flexibility index (Phi) is 2.71. The predicted molar refractivity (Wildman–Crippen MR) is 68.9 cm³/mol. The van der Waals surface area contributed by atoms with Crippen LogP contribution in [-0.2, 0) is 6.54 Å². The fraction of sp³-hybridized carbons (Fsp3) is 0.0833. The number of fused-ring (bicyclic) bond motifs is 1. The van der Waals surface area contributed by atoms with Gasteiger partial charge in [-0.15, -0.1) is 10.2 Å². The topological polar surface area (TPSA) is 81.1 Å². The molecule has 7 heteroatoms. The van der Waals surface area contributed by atoms with Gasteiger partial charge in [-0.05, 0) is 17.7 Å². The van der Waals surface area contributed by atoms with Crippen LogP contribution in [0, 0.1) is 5.82 Å². The zero-order valence-electron chi connectivity index (χ0n) is 9.92. The molecule has 0 saturated carbocycles. The third-order valence-corrected chi connectivity index (χ3v) is 2.73. The normalized spacial score (nSPS) is 10.8. The Labute approximate surface area is 108 Å². The molecule has 96 valence electrons. The van der Waals surface area contributed by atoms with Crippen LogP contribution in [0.4, 0.5) is 16.2 Å². The maximum atomic E-state index is 12.8. The summed E-state index contributed by atoms with van der Waals surface area (Å²) in [5, 5.41) is 10.9. The van der Waals surface area contributed by atoms with Crippen LogP contribution in [0.5, 0.6) is 0 Å². The van der Waals surface area contributed by atoms with Crippen LogP contribution in [0.1, 0.15) is 5.56 Å². The molecule has 2 aromatic heterocycles. The van der Waals surface area contributed by atoms with Crippen LogP contribution < -0.4 is 11.1 Å². The van der Waals surface area contributed by atoms with E-state index in [1.807, 2.05) is 0 Å². The van der Waals surface area contributed by atoms with Crippen molar-refractivity contribution in [3.05, 3.63) is 48.0 Å². The van der Waals surface area contributed by atoms with Gasteiger partial charge in [-0.1, -0.05) is 12.1 Å². The summed E-state index contributed by atoms with van der Waals surface area (Å²) in [7, 11) is 0. The summed E-state index contributed by atoms with van der Waals surface area (Å²) in [6, 6.07) is 6.25. The van der Waals surface area contributed by atoms with Gasteiger partial charge >= 0.3 is 0 Å². The number of nitrogens with zero attached hydrogens (tertiary/aromatic N) is 4. The van der Waals surface area contributed by atoms with Crippen molar-refractivity contribution < 1.29 is 4.39 Å². The Morgan fingerprint density at radius 1 is 1.21 bits per heavy atom. The van der Waals surface area contributed by atoms with E-state index in [1.165, 1.54) is 12.1 Å². The molecule has 0 aliphatic heterocycles. The number of hydrogen-bond acceptors (Lipinski definition) is 5. The summed E-state index contributed by atoms with van der Waals surface area (Å²) in [5.41, 5.74) is 7.16. The zero-order chi connectivity index (χ0) is 13.2. The highest BCUT2D eigenvalue weighted by molar-refractivity contribution is 5.63. The van der Waals surface area contributed by atoms with E-state index in [4.69, 9.17) is 5.73 Å². The monoisotopic (exact) mass is 258 g/mol. The standard InChI is InChI=1S/C12H11FN6/c13-9-3-1-8(2-4-9)7-16-10-11-17-18-12(14)19(11)6-5-15-10/h1-6H,7H2,(H2,14,18)(H,15,16). The fourth-order valence-electron chi connectivity index (χ4n) is 1.76. The average Bonchev–Trinajstić information content (AvgIpc) is 2.81. The third-order valence-electron chi connectivity index (χ3n) is 2.73. The van der Waals surface area contributed by atoms with E-state index in [-0.39, 0.29) is 5.82 Å². The van der Waals surface area contributed by atoms with Crippen LogP contribution in [0.2, 0.25) is 0 Å². The number of nitrogens with one attached hydrogen (secondary N) is 1. The Hall–Kier alpha value is -2.70. The molecule has 0 bridgehead atoms. The van der Waals surface area contributed by atoms with Crippen LogP contribution in [-0.4, -0.2) is 19.6 Å². The van der Waals surface area contributed by atoms with Crippen LogP contribution in [0.3, 0.4) is 0 Å². The molecule has 0 radical (unpaired) electrons. The quantitative estimate of drug-likeness (QED) is 0.743. The van der Waals surface area contributed by atoms with Gasteiger partial charge in [-0.3, -0.25) is 4.40 Å². The molecule has 6 nitrogen and oxygen atoms in total. The lowest BCUT2D eigenvalue weighted by molar-refractivity contribution is 0.627. The molecule has 0 spiro atoms. The molecule has 1 aromatic carbocycles. The maximum absolute atomic E-state index is 12.8. The van der Waals surface area contributed by atoms with Crippen molar-refractivity contribution in [2.75, 3.05) is 11.1 Å². The van der Waals surface area contributed by atoms with Crippen molar-refractivity contribution in [1.29, 1.82) is 0 Å². The Morgan fingerprint density at radius 3 is 2.79 bits per heavy atom. The molecule has 0 amide bonds. The van der Waals surface area contributed by atoms with E-state index >= 15 is 0 Å². The molecule has 2 heterocycles. The van der Waals surface area contributed by atoms with E-state index in [9.17, 15) is 4.39 Å².